The monoisotopic (exact) mass is 442 g/mol. The summed E-state index contributed by atoms with van der Waals surface area (Å²) in [4.78, 5) is 26.5. The third-order valence-corrected chi connectivity index (χ3v) is 5.58. The van der Waals surface area contributed by atoms with E-state index in [-0.39, 0.29) is 18.4 Å². The third kappa shape index (κ3) is 6.10. The van der Waals surface area contributed by atoms with Gasteiger partial charge >= 0.3 is 0 Å². The minimum absolute atomic E-state index is 0.210. The highest BCUT2D eigenvalue weighted by molar-refractivity contribution is 8.04. The van der Waals surface area contributed by atoms with Crippen LogP contribution < -0.4 is 15.4 Å². The van der Waals surface area contributed by atoms with E-state index in [1.807, 2.05) is 50.3 Å². The molecule has 31 heavy (non-hydrogen) atoms. The number of anilines is 1. The van der Waals surface area contributed by atoms with E-state index >= 15 is 0 Å². The summed E-state index contributed by atoms with van der Waals surface area (Å²) >= 11 is 1.37. The van der Waals surface area contributed by atoms with Crippen LogP contribution in [0.4, 0.5) is 5.69 Å². The summed E-state index contributed by atoms with van der Waals surface area (Å²) in [6, 6.07) is 12.7. The number of benzene rings is 2. The summed E-state index contributed by atoms with van der Waals surface area (Å²) in [6.07, 6.45) is 1.34. The van der Waals surface area contributed by atoms with Gasteiger partial charge in [-0.1, -0.05) is 23.9 Å². The van der Waals surface area contributed by atoms with Crippen molar-refractivity contribution in [2.45, 2.75) is 25.0 Å². The average molecular weight is 443 g/mol. The van der Waals surface area contributed by atoms with E-state index in [0.29, 0.717) is 29.4 Å². The smallest absolute Gasteiger partial charge is 0.262 e. The number of ether oxygens (including phenoxy) is 3. The number of rotatable bonds is 9. The van der Waals surface area contributed by atoms with Crippen LogP contribution >= 0.6 is 11.8 Å². The average Bonchev–Trinajstić information content (AvgIpc) is 2.78. The second-order valence-electron chi connectivity index (χ2n) is 6.60. The van der Waals surface area contributed by atoms with Gasteiger partial charge in [-0.05, 0) is 55.8 Å². The number of carbonyl (C=O) groups is 2. The Morgan fingerprint density at radius 1 is 1.13 bits per heavy atom. The zero-order valence-corrected chi connectivity index (χ0v) is 18.6. The Morgan fingerprint density at radius 3 is 2.48 bits per heavy atom. The Hall–Kier alpha value is -2.81. The van der Waals surface area contributed by atoms with Gasteiger partial charge in [-0.15, -0.1) is 0 Å². The molecule has 1 aliphatic heterocycles. The number of amides is 2. The Labute approximate surface area is 186 Å². The fraction of sp³-hybridized carbons (Fsp3) is 0.304. The standard InChI is InChI=1S/C23H26N2O5S/c1-4-29-21(30-5-2)14-24-22(26)16-8-11-19-18(13-16)25-23(27)20(31-19)12-15-6-9-17(28-3)10-7-15/h6-13,21H,4-5,14H2,1-3H3,(H,24,26)(H,25,27)/b20-12+. The van der Waals surface area contributed by atoms with Gasteiger partial charge in [0, 0.05) is 23.7 Å². The predicted molar refractivity (Wildman–Crippen MR) is 121 cm³/mol. The fourth-order valence-electron chi connectivity index (χ4n) is 2.97. The van der Waals surface area contributed by atoms with Crippen molar-refractivity contribution in [3.63, 3.8) is 0 Å². The van der Waals surface area contributed by atoms with E-state index in [1.165, 1.54) is 11.8 Å². The molecule has 2 amide bonds. The van der Waals surface area contributed by atoms with Crippen molar-refractivity contribution >= 4 is 35.3 Å². The van der Waals surface area contributed by atoms with E-state index in [1.54, 1.807) is 19.2 Å². The minimum Gasteiger partial charge on any atom is -0.497 e. The van der Waals surface area contributed by atoms with Crippen molar-refractivity contribution in [2.24, 2.45) is 0 Å². The molecule has 0 aliphatic carbocycles. The predicted octanol–water partition coefficient (Wildman–Crippen LogP) is 3.91. The highest BCUT2D eigenvalue weighted by Gasteiger charge is 2.22. The zero-order chi connectivity index (χ0) is 22.2. The third-order valence-electron chi connectivity index (χ3n) is 4.48. The maximum Gasteiger partial charge on any atom is 0.262 e. The quantitative estimate of drug-likeness (QED) is 0.452. The van der Waals surface area contributed by atoms with Crippen LogP contribution in [0.1, 0.15) is 29.8 Å². The van der Waals surface area contributed by atoms with Crippen LogP contribution in [0.3, 0.4) is 0 Å². The van der Waals surface area contributed by atoms with E-state index < -0.39 is 6.29 Å². The van der Waals surface area contributed by atoms with Crippen molar-refractivity contribution in [3.8, 4) is 5.75 Å². The van der Waals surface area contributed by atoms with Crippen LogP contribution in [0.5, 0.6) is 5.75 Å². The molecule has 2 aromatic carbocycles. The summed E-state index contributed by atoms with van der Waals surface area (Å²) in [6.45, 7) is 4.97. The molecule has 0 fully saturated rings. The lowest BCUT2D eigenvalue weighted by Gasteiger charge is -2.20. The number of carbonyl (C=O) groups excluding carboxylic acids is 2. The van der Waals surface area contributed by atoms with Crippen molar-refractivity contribution in [1.82, 2.24) is 5.32 Å². The Kier molecular flexibility index (Phi) is 8.11. The number of hydrogen-bond donors (Lipinski definition) is 2. The first-order chi connectivity index (χ1) is 15.0. The molecule has 0 saturated carbocycles. The number of nitrogens with one attached hydrogen (secondary N) is 2. The number of thioether (sulfide) groups is 1. The van der Waals surface area contributed by atoms with Gasteiger partial charge in [0.1, 0.15) is 5.75 Å². The second-order valence-corrected chi connectivity index (χ2v) is 7.68. The van der Waals surface area contributed by atoms with Crippen LogP contribution in [0.25, 0.3) is 6.08 Å². The Bertz CT molecular complexity index is 953. The van der Waals surface area contributed by atoms with Gasteiger partial charge in [-0.25, -0.2) is 0 Å². The van der Waals surface area contributed by atoms with Gasteiger partial charge in [0.2, 0.25) is 0 Å². The highest BCUT2D eigenvalue weighted by Crippen LogP contribution is 2.39. The van der Waals surface area contributed by atoms with Crippen LogP contribution in [-0.2, 0) is 14.3 Å². The van der Waals surface area contributed by atoms with Gasteiger partial charge in [0.15, 0.2) is 6.29 Å². The normalized spacial score (nSPS) is 14.3. The SMILES string of the molecule is CCOC(CNC(=O)c1ccc2c(c1)NC(=O)/C(=C\c1ccc(OC)cc1)S2)OCC. The molecule has 2 aromatic rings. The molecular weight excluding hydrogens is 416 g/mol. The molecule has 3 rings (SSSR count). The van der Waals surface area contributed by atoms with Crippen molar-refractivity contribution in [3.05, 3.63) is 58.5 Å². The lowest BCUT2D eigenvalue weighted by molar-refractivity contribution is -0.131. The molecule has 0 unspecified atom stereocenters. The molecule has 0 saturated heterocycles. The summed E-state index contributed by atoms with van der Waals surface area (Å²) in [5, 5.41) is 5.68. The van der Waals surface area contributed by atoms with Gasteiger partial charge in [-0.3, -0.25) is 9.59 Å². The summed E-state index contributed by atoms with van der Waals surface area (Å²) < 4.78 is 16.0. The maximum atomic E-state index is 12.6. The first-order valence-corrected chi connectivity index (χ1v) is 10.9. The molecule has 2 N–H and O–H groups in total. The lowest BCUT2D eigenvalue weighted by Crippen LogP contribution is -2.35. The highest BCUT2D eigenvalue weighted by atomic mass is 32.2. The topological polar surface area (TPSA) is 85.9 Å². The molecule has 0 radical (unpaired) electrons. The van der Waals surface area contributed by atoms with Crippen LogP contribution in [0.2, 0.25) is 0 Å². The summed E-state index contributed by atoms with van der Waals surface area (Å²) in [5.74, 6) is 0.289. The van der Waals surface area contributed by atoms with Crippen molar-refractivity contribution in [1.29, 1.82) is 0 Å². The van der Waals surface area contributed by atoms with E-state index in [2.05, 4.69) is 10.6 Å². The molecule has 1 aliphatic rings. The number of fused-ring (bicyclic) bond motifs is 1. The Morgan fingerprint density at radius 2 is 1.84 bits per heavy atom. The van der Waals surface area contributed by atoms with Gasteiger partial charge in [0.05, 0.1) is 24.2 Å². The fourth-order valence-corrected chi connectivity index (χ4v) is 3.90. The lowest BCUT2D eigenvalue weighted by atomic mass is 10.1. The van der Waals surface area contributed by atoms with Crippen molar-refractivity contribution in [2.75, 3.05) is 32.2 Å². The second kappa shape index (κ2) is 11.0. The maximum absolute atomic E-state index is 12.6. The van der Waals surface area contributed by atoms with E-state index in [4.69, 9.17) is 14.2 Å². The molecule has 0 aromatic heterocycles. The zero-order valence-electron chi connectivity index (χ0n) is 17.8. The molecular formula is C23H26N2O5S. The molecule has 1 heterocycles. The van der Waals surface area contributed by atoms with Crippen LogP contribution in [0, 0.1) is 0 Å². The minimum atomic E-state index is -0.488. The number of methoxy groups -OCH3 is 1. The number of hydrogen-bond acceptors (Lipinski definition) is 6. The Balaban J connectivity index is 1.69. The van der Waals surface area contributed by atoms with Crippen LogP contribution in [0.15, 0.2) is 52.3 Å². The molecule has 8 heteroatoms. The molecule has 0 bridgehead atoms. The first-order valence-electron chi connectivity index (χ1n) is 10.0. The van der Waals surface area contributed by atoms with E-state index in [0.717, 1.165) is 16.2 Å². The molecule has 164 valence electrons. The first kappa shape index (κ1) is 22.9. The van der Waals surface area contributed by atoms with E-state index in [9.17, 15) is 9.59 Å². The van der Waals surface area contributed by atoms with Gasteiger partial charge < -0.3 is 24.8 Å². The molecule has 0 atom stereocenters. The largest absolute Gasteiger partial charge is 0.497 e. The summed E-state index contributed by atoms with van der Waals surface area (Å²) in [7, 11) is 1.61. The van der Waals surface area contributed by atoms with Gasteiger partial charge in [0.25, 0.3) is 11.8 Å². The molecule has 7 nitrogen and oxygen atoms in total. The van der Waals surface area contributed by atoms with Crippen LogP contribution in [-0.4, -0.2) is 45.0 Å². The molecule has 0 spiro atoms. The van der Waals surface area contributed by atoms with Gasteiger partial charge in [-0.2, -0.15) is 0 Å². The summed E-state index contributed by atoms with van der Waals surface area (Å²) in [5.41, 5.74) is 1.96. The van der Waals surface area contributed by atoms with Crippen molar-refractivity contribution < 1.29 is 23.8 Å².